The number of aromatic nitrogens is 1. The Balaban J connectivity index is 2.06. The number of pyridine rings is 1. The van der Waals surface area contributed by atoms with Gasteiger partial charge >= 0.3 is 0 Å². The van der Waals surface area contributed by atoms with Gasteiger partial charge in [0.05, 0.1) is 17.7 Å². The minimum Gasteiger partial charge on any atom is -0.394 e. The zero-order chi connectivity index (χ0) is 20.0. The van der Waals surface area contributed by atoms with Crippen LogP contribution in [0.3, 0.4) is 0 Å². The lowest BCUT2D eigenvalue weighted by atomic mass is 9.92. The molecule has 0 saturated heterocycles. The van der Waals surface area contributed by atoms with Crippen LogP contribution in [0.2, 0.25) is 0 Å². The summed E-state index contributed by atoms with van der Waals surface area (Å²) in [5, 5.41) is 0.351. The highest BCUT2D eigenvalue weighted by Gasteiger charge is 2.35. The summed E-state index contributed by atoms with van der Waals surface area (Å²) in [6.45, 7) is -1.11. The van der Waals surface area contributed by atoms with Crippen LogP contribution in [-0.4, -0.2) is 21.6 Å². The number of nitrogens with two attached hydrogens (primary N) is 2. The van der Waals surface area contributed by atoms with Crippen molar-refractivity contribution in [2.45, 2.75) is 6.54 Å². The van der Waals surface area contributed by atoms with Crippen molar-refractivity contribution in [3.05, 3.63) is 75.6 Å². The molecule has 140 valence electrons. The van der Waals surface area contributed by atoms with Crippen molar-refractivity contribution in [1.29, 1.82) is 0 Å². The number of rotatable bonds is 3. The van der Waals surface area contributed by atoms with Gasteiger partial charge in [0.2, 0.25) is 17.4 Å². The summed E-state index contributed by atoms with van der Waals surface area (Å²) in [5.41, 5.74) is 2.82. The summed E-state index contributed by atoms with van der Waals surface area (Å²) in [6.07, 6.45) is 2.31. The molecule has 11 heteroatoms. The lowest BCUT2D eigenvalue weighted by molar-refractivity contribution is 0.0935. The highest BCUT2D eigenvalue weighted by Crippen LogP contribution is 2.28. The first kappa shape index (κ1) is 18.5. The number of halogens is 5. The number of carbonyl (C=O) groups is 2. The van der Waals surface area contributed by atoms with Crippen LogP contribution < -0.4 is 11.6 Å². The maximum absolute atomic E-state index is 13.8. The number of carbonyl (C=O) groups excluding carboxylic acids is 2. The van der Waals surface area contributed by atoms with Crippen molar-refractivity contribution >= 4 is 11.6 Å². The van der Waals surface area contributed by atoms with E-state index in [4.69, 9.17) is 11.6 Å². The maximum atomic E-state index is 13.8. The van der Waals surface area contributed by atoms with Crippen LogP contribution in [0.15, 0.2) is 29.9 Å². The van der Waals surface area contributed by atoms with Crippen molar-refractivity contribution < 1.29 is 31.5 Å². The molecule has 0 atom stereocenters. The van der Waals surface area contributed by atoms with Gasteiger partial charge in [0.25, 0.3) is 0 Å². The van der Waals surface area contributed by atoms with Crippen LogP contribution in [0.25, 0.3) is 0 Å². The number of ketones is 2. The Bertz CT molecular complexity index is 1010. The molecule has 0 saturated carbocycles. The fourth-order valence-electron chi connectivity index (χ4n) is 2.60. The Morgan fingerprint density at radius 2 is 1.44 bits per heavy atom. The van der Waals surface area contributed by atoms with Gasteiger partial charge in [0.1, 0.15) is 11.4 Å². The summed E-state index contributed by atoms with van der Waals surface area (Å²) in [5.74, 6) is -6.99. The number of benzene rings is 1. The third kappa shape index (κ3) is 2.72. The Morgan fingerprint density at radius 1 is 0.889 bits per heavy atom. The molecular weight excluding hydrogens is 375 g/mol. The second-order valence-electron chi connectivity index (χ2n) is 5.52. The molecule has 0 aliphatic heterocycles. The summed E-state index contributed by atoms with van der Waals surface area (Å²) in [7, 11) is 0. The minimum absolute atomic E-state index is 0.0547. The van der Waals surface area contributed by atoms with Crippen molar-refractivity contribution in [3.63, 3.8) is 0 Å². The van der Waals surface area contributed by atoms with Gasteiger partial charge < -0.3 is 10.7 Å². The molecule has 0 fully saturated rings. The van der Waals surface area contributed by atoms with Crippen molar-refractivity contribution in [1.82, 2.24) is 9.99 Å². The first-order valence-corrected chi connectivity index (χ1v) is 7.22. The highest BCUT2D eigenvalue weighted by molar-refractivity contribution is 6.26. The maximum Gasteiger partial charge on any atom is 0.214 e. The normalized spacial score (nSPS) is 13.9. The van der Waals surface area contributed by atoms with Crippen LogP contribution in [-0.2, 0) is 6.54 Å². The SMILES string of the molecule is NC1=C(N(N)Cc2c(F)c(F)c(F)c(F)c2F)C(=O)c2cnccc2C1=O. The second kappa shape index (κ2) is 6.43. The molecule has 1 aliphatic carbocycles. The predicted octanol–water partition coefficient (Wildman–Crippen LogP) is 1.70. The molecule has 1 heterocycles. The van der Waals surface area contributed by atoms with Crippen LogP contribution in [0, 0.1) is 29.1 Å². The average molecular weight is 384 g/mol. The van der Waals surface area contributed by atoms with E-state index in [2.05, 4.69) is 4.98 Å². The molecule has 2 aromatic rings. The number of fused-ring (bicyclic) bond motifs is 1. The third-order valence-electron chi connectivity index (χ3n) is 3.94. The van der Waals surface area contributed by atoms with Crippen LogP contribution in [0.5, 0.6) is 0 Å². The molecule has 0 unspecified atom stereocenters. The van der Waals surface area contributed by atoms with E-state index in [0.717, 1.165) is 6.20 Å². The van der Waals surface area contributed by atoms with E-state index in [0.29, 0.717) is 5.01 Å². The monoisotopic (exact) mass is 384 g/mol. The molecule has 0 spiro atoms. The molecule has 4 N–H and O–H groups in total. The summed E-state index contributed by atoms with van der Waals surface area (Å²) in [6, 6.07) is 1.24. The van der Waals surface area contributed by atoms with Gasteiger partial charge in [-0.3, -0.25) is 14.6 Å². The Hall–Kier alpha value is -3.34. The smallest absolute Gasteiger partial charge is 0.214 e. The Morgan fingerprint density at radius 3 is 2.04 bits per heavy atom. The van der Waals surface area contributed by atoms with E-state index in [1.807, 2.05) is 0 Å². The number of Topliss-reactive ketones (excluding diaryl/α,β-unsaturated/α-hetero) is 2. The van der Waals surface area contributed by atoms with Gasteiger partial charge in [-0.15, -0.1) is 0 Å². The lowest BCUT2D eigenvalue weighted by Crippen LogP contribution is -2.40. The third-order valence-corrected chi connectivity index (χ3v) is 3.94. The molecule has 0 amide bonds. The van der Waals surface area contributed by atoms with Gasteiger partial charge in [0, 0.05) is 18.0 Å². The fourth-order valence-corrected chi connectivity index (χ4v) is 2.60. The lowest BCUT2D eigenvalue weighted by Gasteiger charge is -2.26. The number of allylic oxidation sites excluding steroid dienone is 2. The summed E-state index contributed by atoms with van der Waals surface area (Å²) < 4.78 is 67.4. The molecule has 1 aromatic carbocycles. The van der Waals surface area contributed by atoms with E-state index in [1.54, 1.807) is 0 Å². The molecule has 1 aliphatic rings. The molecule has 27 heavy (non-hydrogen) atoms. The highest BCUT2D eigenvalue weighted by atomic mass is 19.2. The van der Waals surface area contributed by atoms with Crippen molar-refractivity contribution in [3.8, 4) is 0 Å². The second-order valence-corrected chi connectivity index (χ2v) is 5.52. The van der Waals surface area contributed by atoms with Gasteiger partial charge in [-0.1, -0.05) is 0 Å². The first-order chi connectivity index (χ1) is 12.7. The van der Waals surface area contributed by atoms with Gasteiger partial charge in [-0.05, 0) is 6.07 Å². The zero-order valence-electron chi connectivity index (χ0n) is 13.2. The van der Waals surface area contributed by atoms with Gasteiger partial charge in [-0.25, -0.2) is 27.8 Å². The summed E-state index contributed by atoms with van der Waals surface area (Å²) >= 11 is 0. The zero-order valence-corrected chi connectivity index (χ0v) is 13.2. The van der Waals surface area contributed by atoms with Crippen LogP contribution in [0.1, 0.15) is 26.3 Å². The first-order valence-electron chi connectivity index (χ1n) is 7.22. The van der Waals surface area contributed by atoms with E-state index in [9.17, 15) is 31.5 Å². The number of nitrogens with zero attached hydrogens (tertiary/aromatic N) is 2. The number of hydrogen-bond acceptors (Lipinski definition) is 6. The van der Waals surface area contributed by atoms with Crippen molar-refractivity contribution in [2.24, 2.45) is 11.6 Å². The number of hydrazine groups is 1. The number of hydrogen-bond donors (Lipinski definition) is 2. The van der Waals surface area contributed by atoms with Crippen LogP contribution in [0.4, 0.5) is 22.0 Å². The molecule has 1 aromatic heterocycles. The molecule has 3 rings (SSSR count). The molecule has 6 nitrogen and oxygen atoms in total. The fraction of sp³-hybridized carbons (Fsp3) is 0.0625. The van der Waals surface area contributed by atoms with E-state index in [1.165, 1.54) is 12.3 Å². The summed E-state index contributed by atoms with van der Waals surface area (Å²) in [4.78, 5) is 28.5. The quantitative estimate of drug-likeness (QED) is 0.275. The Labute approximate surface area is 147 Å². The average Bonchev–Trinajstić information content (AvgIpc) is 2.66. The van der Waals surface area contributed by atoms with Crippen LogP contribution >= 0.6 is 0 Å². The topological polar surface area (TPSA) is 102 Å². The van der Waals surface area contributed by atoms with E-state index >= 15 is 0 Å². The largest absolute Gasteiger partial charge is 0.394 e. The molecular formula is C16H9F5N4O2. The molecule has 0 bridgehead atoms. The molecule has 0 radical (unpaired) electrons. The predicted molar refractivity (Wildman–Crippen MR) is 80.1 cm³/mol. The Kier molecular flexibility index (Phi) is 4.39. The standard InChI is InChI=1S/C16H9F5N4O2/c17-8-7(9(18)11(20)12(21)10(8)19)4-25(23)14-13(22)15(26)5-1-2-24-3-6(5)16(14)27/h1-3H,4,22-23H2. The van der Waals surface area contributed by atoms with E-state index < -0.39 is 64.2 Å². The van der Waals surface area contributed by atoms with Gasteiger partial charge in [-0.2, -0.15) is 0 Å². The van der Waals surface area contributed by atoms with Gasteiger partial charge in [0.15, 0.2) is 23.3 Å². The van der Waals surface area contributed by atoms with Crippen molar-refractivity contribution in [2.75, 3.05) is 0 Å². The van der Waals surface area contributed by atoms with E-state index in [-0.39, 0.29) is 11.1 Å². The minimum atomic E-state index is -2.33.